The van der Waals surface area contributed by atoms with Crippen LogP contribution in [0.15, 0.2) is 41.3 Å². The Morgan fingerprint density at radius 3 is 2.06 bits per heavy atom. The third kappa shape index (κ3) is 5.89. The first-order valence-electron chi connectivity index (χ1n) is 9.68. The second-order valence-corrected chi connectivity index (χ2v) is 9.35. The molecule has 2 aromatic rings. The highest BCUT2D eigenvalue weighted by atomic mass is 32.2. The third-order valence-corrected chi connectivity index (χ3v) is 6.74. The zero-order chi connectivity index (χ0) is 23.2. The largest absolute Gasteiger partial charge is 0.496 e. The summed E-state index contributed by atoms with van der Waals surface area (Å²) in [6.07, 6.45) is 0.570. The summed E-state index contributed by atoms with van der Waals surface area (Å²) in [7, 11) is 5.76. The van der Waals surface area contributed by atoms with E-state index < -0.39 is 10.0 Å². The van der Waals surface area contributed by atoms with Gasteiger partial charge in [-0.05, 0) is 47.9 Å². The van der Waals surface area contributed by atoms with Crippen molar-refractivity contribution in [3.05, 3.63) is 47.5 Å². The van der Waals surface area contributed by atoms with Gasteiger partial charge < -0.3 is 19.1 Å². The lowest BCUT2D eigenvalue weighted by molar-refractivity contribution is -0.130. The van der Waals surface area contributed by atoms with E-state index in [9.17, 15) is 13.2 Å². The molecule has 0 unspecified atom stereocenters. The maximum absolute atomic E-state index is 12.7. The normalized spacial score (nSPS) is 11.3. The number of methoxy groups -OCH3 is 3. The Bertz CT molecular complexity index is 1020. The molecule has 0 aromatic heterocycles. The number of benzene rings is 2. The van der Waals surface area contributed by atoms with Gasteiger partial charge in [0.25, 0.3) is 0 Å². The number of hydrogen-bond acceptors (Lipinski definition) is 6. The summed E-state index contributed by atoms with van der Waals surface area (Å²) in [6, 6.07) is 10.2. The van der Waals surface area contributed by atoms with Gasteiger partial charge in [-0.2, -0.15) is 0 Å². The summed E-state index contributed by atoms with van der Waals surface area (Å²) in [6.45, 7) is 0.408. The molecule has 8 nitrogen and oxygen atoms in total. The maximum Gasteiger partial charge on any atom is 0.242 e. The Morgan fingerprint density at radius 2 is 1.48 bits per heavy atom. The summed E-state index contributed by atoms with van der Waals surface area (Å²) >= 11 is 0. The smallest absolute Gasteiger partial charge is 0.242 e. The number of nitrogens with zero attached hydrogens (tertiary/aromatic N) is 2. The number of amides is 1. The Balaban J connectivity index is 2.11. The predicted molar refractivity (Wildman–Crippen MR) is 118 cm³/mol. The quantitative estimate of drug-likeness (QED) is 0.553. The van der Waals surface area contributed by atoms with E-state index in [1.54, 1.807) is 44.4 Å². The summed E-state index contributed by atoms with van der Waals surface area (Å²) in [5, 5.41) is 0. The Morgan fingerprint density at radius 1 is 0.871 bits per heavy atom. The van der Waals surface area contributed by atoms with E-state index in [-0.39, 0.29) is 17.2 Å². The van der Waals surface area contributed by atoms with Crippen molar-refractivity contribution in [1.29, 1.82) is 0 Å². The number of carbonyl (C=O) groups is 1. The van der Waals surface area contributed by atoms with Gasteiger partial charge in [-0.3, -0.25) is 4.79 Å². The van der Waals surface area contributed by atoms with Crippen LogP contribution >= 0.6 is 0 Å². The van der Waals surface area contributed by atoms with E-state index in [1.165, 1.54) is 27.3 Å². The summed E-state index contributed by atoms with van der Waals surface area (Å²) in [5.41, 5.74) is 1.57. The topological polar surface area (TPSA) is 85.4 Å². The molecule has 0 spiro atoms. The van der Waals surface area contributed by atoms with Crippen LogP contribution in [0, 0.1) is 0 Å². The molecule has 0 aliphatic carbocycles. The molecule has 2 aromatic carbocycles. The standard InChI is InChI=1S/C22H30N2O6S/c1-23(2)31(26,27)18-9-11-19(28-4)17(14-18)8-12-22(25)24(3)15-16-7-10-20(29-5)21(13-16)30-6/h7,9-11,13-14H,8,12,15H2,1-6H3. The predicted octanol–water partition coefficient (Wildman–Crippen LogP) is 2.55. The van der Waals surface area contributed by atoms with Gasteiger partial charge >= 0.3 is 0 Å². The average molecular weight is 451 g/mol. The second-order valence-electron chi connectivity index (χ2n) is 7.20. The SMILES string of the molecule is COc1ccc(S(=O)(=O)N(C)C)cc1CCC(=O)N(C)Cc1ccc(OC)c(OC)c1. The van der Waals surface area contributed by atoms with Crippen molar-refractivity contribution < 1.29 is 27.4 Å². The minimum absolute atomic E-state index is 0.0716. The van der Waals surface area contributed by atoms with Crippen LogP contribution in [0.1, 0.15) is 17.5 Å². The minimum atomic E-state index is -3.57. The van der Waals surface area contributed by atoms with Crippen molar-refractivity contribution >= 4 is 15.9 Å². The van der Waals surface area contributed by atoms with Gasteiger partial charge in [-0.1, -0.05) is 6.07 Å². The van der Waals surface area contributed by atoms with E-state index in [4.69, 9.17) is 14.2 Å². The molecule has 0 heterocycles. The zero-order valence-electron chi connectivity index (χ0n) is 18.8. The molecule has 9 heteroatoms. The van der Waals surface area contributed by atoms with Crippen LogP contribution in [-0.2, 0) is 27.8 Å². The van der Waals surface area contributed by atoms with E-state index >= 15 is 0 Å². The average Bonchev–Trinajstić information content (AvgIpc) is 2.76. The third-order valence-electron chi connectivity index (χ3n) is 4.93. The molecular weight excluding hydrogens is 420 g/mol. The highest BCUT2D eigenvalue weighted by molar-refractivity contribution is 7.89. The van der Waals surface area contributed by atoms with Crippen molar-refractivity contribution in [1.82, 2.24) is 9.21 Å². The van der Waals surface area contributed by atoms with Crippen molar-refractivity contribution in [2.45, 2.75) is 24.3 Å². The maximum atomic E-state index is 12.7. The second kappa shape index (κ2) is 10.5. The molecule has 0 radical (unpaired) electrons. The van der Waals surface area contributed by atoms with Crippen molar-refractivity contribution in [3.8, 4) is 17.2 Å². The zero-order valence-corrected chi connectivity index (χ0v) is 19.7. The first-order chi connectivity index (χ1) is 14.6. The van der Waals surface area contributed by atoms with Gasteiger partial charge in [0.1, 0.15) is 5.75 Å². The first-order valence-corrected chi connectivity index (χ1v) is 11.1. The van der Waals surface area contributed by atoms with Gasteiger partial charge in [-0.25, -0.2) is 12.7 Å². The van der Waals surface area contributed by atoms with Crippen LogP contribution in [-0.4, -0.2) is 66.0 Å². The lowest BCUT2D eigenvalue weighted by Gasteiger charge is -2.19. The van der Waals surface area contributed by atoms with E-state index in [1.807, 2.05) is 12.1 Å². The number of hydrogen-bond donors (Lipinski definition) is 0. The van der Waals surface area contributed by atoms with E-state index in [0.717, 1.165) is 9.87 Å². The van der Waals surface area contributed by atoms with Crippen molar-refractivity contribution in [3.63, 3.8) is 0 Å². The van der Waals surface area contributed by atoms with Crippen LogP contribution in [0.4, 0.5) is 0 Å². The molecule has 0 aliphatic heterocycles. The van der Waals surface area contributed by atoms with Crippen LogP contribution in [0.2, 0.25) is 0 Å². The van der Waals surface area contributed by atoms with E-state index in [2.05, 4.69) is 0 Å². The Hall–Kier alpha value is -2.78. The van der Waals surface area contributed by atoms with Crippen LogP contribution in [0.5, 0.6) is 17.2 Å². The van der Waals surface area contributed by atoms with Gasteiger partial charge in [0.2, 0.25) is 15.9 Å². The molecule has 0 aliphatic rings. The molecule has 1 amide bonds. The number of sulfonamides is 1. The molecule has 0 fully saturated rings. The first kappa shape index (κ1) is 24.5. The van der Waals surface area contributed by atoms with Crippen LogP contribution < -0.4 is 14.2 Å². The Kier molecular flexibility index (Phi) is 8.29. The molecular formula is C22H30N2O6S. The monoisotopic (exact) mass is 450 g/mol. The van der Waals surface area contributed by atoms with Gasteiger partial charge in [0, 0.05) is 34.1 Å². The van der Waals surface area contributed by atoms with Crippen LogP contribution in [0.3, 0.4) is 0 Å². The summed E-state index contributed by atoms with van der Waals surface area (Å²) in [4.78, 5) is 14.5. The lowest BCUT2D eigenvalue weighted by atomic mass is 10.1. The fourth-order valence-electron chi connectivity index (χ4n) is 3.10. The fraction of sp³-hybridized carbons (Fsp3) is 0.409. The number of rotatable bonds is 10. The summed E-state index contributed by atoms with van der Waals surface area (Å²) in [5.74, 6) is 1.70. The van der Waals surface area contributed by atoms with Gasteiger partial charge in [0.15, 0.2) is 11.5 Å². The Labute approximate surface area is 184 Å². The van der Waals surface area contributed by atoms with Crippen molar-refractivity contribution in [2.24, 2.45) is 0 Å². The van der Waals surface area contributed by atoms with Gasteiger partial charge in [-0.15, -0.1) is 0 Å². The van der Waals surface area contributed by atoms with Crippen molar-refractivity contribution in [2.75, 3.05) is 42.5 Å². The number of ether oxygens (including phenoxy) is 3. The highest BCUT2D eigenvalue weighted by Crippen LogP contribution is 2.28. The molecule has 2 rings (SSSR count). The number of carbonyl (C=O) groups excluding carboxylic acids is 1. The number of aryl methyl sites for hydroxylation is 1. The molecule has 31 heavy (non-hydrogen) atoms. The van der Waals surface area contributed by atoms with Crippen LogP contribution in [0.25, 0.3) is 0 Å². The lowest BCUT2D eigenvalue weighted by Crippen LogP contribution is -2.26. The fourth-order valence-corrected chi connectivity index (χ4v) is 4.05. The highest BCUT2D eigenvalue weighted by Gasteiger charge is 2.20. The molecule has 0 bridgehead atoms. The molecule has 0 atom stereocenters. The van der Waals surface area contributed by atoms with Gasteiger partial charge in [0.05, 0.1) is 26.2 Å². The molecule has 0 saturated carbocycles. The minimum Gasteiger partial charge on any atom is -0.496 e. The summed E-state index contributed by atoms with van der Waals surface area (Å²) < 4.78 is 41.9. The van der Waals surface area contributed by atoms with E-state index in [0.29, 0.717) is 35.8 Å². The molecule has 0 N–H and O–H groups in total. The molecule has 170 valence electrons. The molecule has 0 saturated heterocycles.